The number of amides is 1. The first kappa shape index (κ1) is 33.7. The molecule has 6 heterocycles. The zero-order valence-electron chi connectivity index (χ0n) is 30.9. The Morgan fingerprint density at radius 2 is 1.77 bits per heavy atom. The van der Waals surface area contributed by atoms with Crippen molar-refractivity contribution >= 4 is 56.7 Å². The minimum absolute atomic E-state index is 0.0451. The number of hydrogen-bond acceptors (Lipinski definition) is 8. The van der Waals surface area contributed by atoms with Crippen molar-refractivity contribution in [2.24, 2.45) is 4.99 Å². The first-order valence-corrected chi connectivity index (χ1v) is 19.2. The van der Waals surface area contributed by atoms with Gasteiger partial charge in [-0.2, -0.15) is 0 Å². The van der Waals surface area contributed by atoms with Gasteiger partial charge in [-0.15, -0.1) is 11.3 Å². The van der Waals surface area contributed by atoms with Gasteiger partial charge in [0.25, 0.3) is 0 Å². The molecule has 9 nitrogen and oxygen atoms in total. The number of fused-ring (bicyclic) bond motifs is 6. The molecule has 0 radical (unpaired) electrons. The van der Waals surface area contributed by atoms with Crippen LogP contribution in [0.25, 0.3) is 32.2 Å². The molecule has 2 aromatic heterocycles. The van der Waals surface area contributed by atoms with E-state index in [1.165, 1.54) is 10.1 Å². The first-order valence-electron chi connectivity index (χ1n) is 18.3. The number of aromatic nitrogens is 1. The summed E-state index contributed by atoms with van der Waals surface area (Å²) in [6.45, 7) is 15.3. The molecule has 2 fully saturated rings. The summed E-state index contributed by atoms with van der Waals surface area (Å²) in [6.07, 6.45) is 1.01. The number of thiophene rings is 1. The fourth-order valence-corrected chi connectivity index (χ4v) is 8.95. The molecule has 9 rings (SSSR count). The molecule has 3 unspecified atom stereocenters. The van der Waals surface area contributed by atoms with E-state index >= 15 is 0 Å². The second-order valence-electron chi connectivity index (χ2n) is 16.5. The Balaban J connectivity index is 1.08. The zero-order chi connectivity index (χ0) is 36.2. The molecule has 1 N–H and O–H groups in total. The maximum atomic E-state index is 13.0. The van der Waals surface area contributed by atoms with Gasteiger partial charge in [-0.1, -0.05) is 36.4 Å². The van der Waals surface area contributed by atoms with Crippen molar-refractivity contribution in [2.45, 2.75) is 96.5 Å². The Morgan fingerprint density at radius 3 is 2.54 bits per heavy atom. The Bertz CT molecular complexity index is 2220. The van der Waals surface area contributed by atoms with Crippen LogP contribution < -0.4 is 15.5 Å². The van der Waals surface area contributed by atoms with Crippen LogP contribution in [0.15, 0.2) is 77.8 Å². The highest BCUT2D eigenvalue weighted by Gasteiger charge is 2.52. The molecule has 0 saturated carbocycles. The van der Waals surface area contributed by atoms with Gasteiger partial charge in [0.2, 0.25) is 6.23 Å². The number of ether oxygens (including phenoxy) is 2. The summed E-state index contributed by atoms with van der Waals surface area (Å²) in [7, 11) is -0.444. The molecule has 4 aliphatic rings. The highest BCUT2D eigenvalue weighted by molar-refractivity contribution is 7.19. The average Bonchev–Trinajstić information content (AvgIpc) is 3.92. The van der Waals surface area contributed by atoms with Crippen LogP contribution in [0.5, 0.6) is 5.75 Å². The molecule has 4 aliphatic heterocycles. The average molecular weight is 717 g/mol. The molecule has 2 saturated heterocycles. The van der Waals surface area contributed by atoms with Crippen LogP contribution in [-0.4, -0.2) is 70.5 Å². The molecule has 0 spiro atoms. The molecular formula is C41H45BN4O5S. The SMILES string of the molecule is CC(C)(C)OC(=O)N1CCCC1C1N=C(c2ccc3c(c2)OC(c2cc4ccccc4s2)n2c-3cc3cc(B4OC(C)(C)C(C)(C)O4)ccc32)CN1. The summed E-state index contributed by atoms with van der Waals surface area (Å²) in [5, 5.41) is 5.89. The lowest BCUT2D eigenvalue weighted by molar-refractivity contribution is 0.00578. The van der Waals surface area contributed by atoms with E-state index in [0.717, 1.165) is 62.4 Å². The highest BCUT2D eigenvalue weighted by Crippen LogP contribution is 2.47. The Kier molecular flexibility index (Phi) is 7.72. The van der Waals surface area contributed by atoms with Gasteiger partial charge in [0.15, 0.2) is 0 Å². The number of nitrogens with zero attached hydrogens (tertiary/aromatic N) is 3. The fraction of sp³-hybridized carbons (Fsp3) is 0.415. The summed E-state index contributed by atoms with van der Waals surface area (Å²) in [5.41, 5.74) is 4.81. The number of carbonyl (C=O) groups is 1. The van der Waals surface area contributed by atoms with Crippen molar-refractivity contribution in [3.05, 3.63) is 83.2 Å². The number of rotatable bonds is 4. The van der Waals surface area contributed by atoms with E-state index in [1.54, 1.807) is 11.3 Å². The minimum atomic E-state index is -0.542. The largest absolute Gasteiger partial charge is 0.494 e. The van der Waals surface area contributed by atoms with Crippen LogP contribution in [0.4, 0.5) is 4.79 Å². The van der Waals surface area contributed by atoms with E-state index in [4.69, 9.17) is 23.8 Å². The molecule has 11 heteroatoms. The quantitative estimate of drug-likeness (QED) is 0.191. The topological polar surface area (TPSA) is 86.5 Å². The monoisotopic (exact) mass is 716 g/mol. The summed E-state index contributed by atoms with van der Waals surface area (Å²) in [6, 6.07) is 25.9. The number of likely N-dealkylation sites (tertiary alicyclic amines) is 1. The van der Waals surface area contributed by atoms with E-state index in [0.29, 0.717) is 13.1 Å². The fourth-order valence-electron chi connectivity index (χ4n) is 7.86. The molecule has 1 amide bonds. The molecule has 268 valence electrons. The second-order valence-corrected chi connectivity index (χ2v) is 17.6. The Hall–Kier alpha value is -4.16. The predicted molar refractivity (Wildman–Crippen MR) is 208 cm³/mol. The molecular weight excluding hydrogens is 671 g/mol. The molecule has 5 aromatic rings. The summed E-state index contributed by atoms with van der Waals surface area (Å²) in [4.78, 5) is 21.2. The van der Waals surface area contributed by atoms with Crippen molar-refractivity contribution < 1.29 is 23.6 Å². The Labute approximate surface area is 309 Å². The number of nitrogens with one attached hydrogen (secondary N) is 1. The van der Waals surface area contributed by atoms with Gasteiger partial charge in [0.1, 0.15) is 17.5 Å². The lowest BCUT2D eigenvalue weighted by Gasteiger charge is -2.32. The third-order valence-corrected chi connectivity index (χ3v) is 12.4. The van der Waals surface area contributed by atoms with Crippen LogP contribution in [0.2, 0.25) is 0 Å². The van der Waals surface area contributed by atoms with Gasteiger partial charge in [-0.3, -0.25) is 14.9 Å². The molecule has 0 aliphatic carbocycles. The van der Waals surface area contributed by atoms with Crippen LogP contribution in [0.1, 0.15) is 78.0 Å². The lowest BCUT2D eigenvalue weighted by Crippen LogP contribution is -2.48. The van der Waals surface area contributed by atoms with Gasteiger partial charge in [-0.25, -0.2) is 4.79 Å². The van der Waals surface area contributed by atoms with E-state index in [1.807, 2.05) is 25.7 Å². The predicted octanol–water partition coefficient (Wildman–Crippen LogP) is 7.88. The lowest BCUT2D eigenvalue weighted by atomic mass is 9.78. The second kappa shape index (κ2) is 11.9. The van der Waals surface area contributed by atoms with Crippen molar-refractivity contribution in [1.29, 1.82) is 0 Å². The van der Waals surface area contributed by atoms with Crippen LogP contribution in [0.3, 0.4) is 0 Å². The van der Waals surface area contributed by atoms with Crippen molar-refractivity contribution in [1.82, 2.24) is 14.8 Å². The maximum Gasteiger partial charge on any atom is 0.494 e. The third-order valence-electron chi connectivity index (χ3n) is 11.2. The Morgan fingerprint density at radius 1 is 0.981 bits per heavy atom. The van der Waals surface area contributed by atoms with Gasteiger partial charge >= 0.3 is 13.2 Å². The first-order chi connectivity index (χ1) is 24.7. The normalized spacial score (nSPS) is 23.5. The molecule has 3 atom stereocenters. The molecule has 3 aromatic carbocycles. The van der Waals surface area contributed by atoms with Crippen LogP contribution in [0, 0.1) is 0 Å². The van der Waals surface area contributed by atoms with Crippen LogP contribution >= 0.6 is 11.3 Å². The van der Waals surface area contributed by atoms with Gasteiger partial charge in [0, 0.05) is 34.3 Å². The summed E-state index contributed by atoms with van der Waals surface area (Å²) < 4.78 is 29.2. The van der Waals surface area contributed by atoms with E-state index in [-0.39, 0.29) is 24.5 Å². The minimum Gasteiger partial charge on any atom is -0.464 e. The molecule has 0 bridgehead atoms. The van der Waals surface area contributed by atoms with E-state index in [9.17, 15) is 4.79 Å². The van der Waals surface area contributed by atoms with Crippen molar-refractivity contribution in [2.75, 3.05) is 13.1 Å². The number of carbonyl (C=O) groups excluding carboxylic acids is 1. The highest BCUT2D eigenvalue weighted by atomic mass is 32.1. The standard InChI is InChI=1S/C41H45BN4O5S/c1-39(2,3)49-38(47)45-18-10-12-31(45)36-43-23-29(44-36)24-14-16-28-32-20-26-19-27(42-50-40(4,5)41(6,7)51-42)15-17-30(26)46(32)37(48-33(28)21-24)35-22-25-11-8-9-13-34(25)52-35/h8-9,11,13-17,19-22,31,36-37,43H,10,12,18,23H2,1-7H3. The maximum absolute atomic E-state index is 13.0. The van der Waals surface area contributed by atoms with Crippen molar-refractivity contribution in [3.8, 4) is 17.0 Å². The van der Waals surface area contributed by atoms with E-state index < -0.39 is 23.9 Å². The number of benzene rings is 3. The van der Waals surface area contributed by atoms with Gasteiger partial charge < -0.3 is 23.7 Å². The van der Waals surface area contributed by atoms with E-state index in [2.05, 4.69) is 110 Å². The van der Waals surface area contributed by atoms with Gasteiger partial charge in [0.05, 0.1) is 39.0 Å². The molecule has 52 heavy (non-hydrogen) atoms. The summed E-state index contributed by atoms with van der Waals surface area (Å²) in [5.74, 6) is 0.823. The van der Waals surface area contributed by atoms with Crippen LogP contribution in [-0.2, 0) is 14.0 Å². The van der Waals surface area contributed by atoms with Gasteiger partial charge in [-0.05, 0) is 109 Å². The number of hydrogen-bond donors (Lipinski definition) is 1. The number of aliphatic imine (C=N–C) groups is 1. The zero-order valence-corrected chi connectivity index (χ0v) is 31.7. The summed E-state index contributed by atoms with van der Waals surface area (Å²) >= 11 is 1.76. The van der Waals surface area contributed by atoms with Crippen molar-refractivity contribution in [3.63, 3.8) is 0 Å². The third kappa shape index (κ3) is 5.64. The smallest absolute Gasteiger partial charge is 0.464 e.